The number of benzene rings is 2. The van der Waals surface area contributed by atoms with Gasteiger partial charge in [0.15, 0.2) is 5.03 Å². The number of nitrogens with one attached hydrogen (secondary N) is 1. The molecule has 0 saturated carbocycles. The Balaban J connectivity index is 1.91. The van der Waals surface area contributed by atoms with Crippen LogP contribution in [0.25, 0.3) is 0 Å². The molecule has 2 heterocycles. The van der Waals surface area contributed by atoms with Crippen LogP contribution in [-0.2, 0) is 31.6 Å². The van der Waals surface area contributed by atoms with E-state index in [0.717, 1.165) is 17.3 Å². The number of anilines is 2. The van der Waals surface area contributed by atoms with Crippen LogP contribution in [0.2, 0.25) is 10.0 Å². The topological polar surface area (TPSA) is 127 Å². The lowest BCUT2D eigenvalue weighted by molar-refractivity contribution is -0.124. The first-order valence-corrected chi connectivity index (χ1v) is 12.8. The summed E-state index contributed by atoms with van der Waals surface area (Å²) in [6.45, 7) is 4.92. The first-order chi connectivity index (χ1) is 16.3. The number of aryl methyl sites for hydroxylation is 1. The maximum absolute atomic E-state index is 13.9. The molecule has 3 aromatic rings. The molecule has 35 heavy (non-hydrogen) atoms. The molecule has 0 spiro atoms. The van der Waals surface area contributed by atoms with Crippen LogP contribution >= 0.6 is 23.2 Å². The average Bonchev–Trinajstić information content (AvgIpc) is 3.28. The molecular weight excluding hydrogens is 513 g/mol. The molecule has 2 amide bonds. The molecule has 0 aliphatic carbocycles. The minimum absolute atomic E-state index is 0.0787. The third-order valence-corrected chi connectivity index (χ3v) is 7.82. The Kier molecular flexibility index (Phi) is 6.43. The van der Waals surface area contributed by atoms with E-state index in [1.165, 1.54) is 22.5 Å². The van der Waals surface area contributed by atoms with Gasteiger partial charge in [-0.05, 0) is 44.5 Å². The van der Waals surface area contributed by atoms with E-state index >= 15 is 0 Å². The lowest BCUT2D eigenvalue weighted by atomic mass is 9.91. The number of nitrogens with two attached hydrogens (primary N) is 1. The molecule has 4 rings (SSSR count). The summed E-state index contributed by atoms with van der Waals surface area (Å²) in [7, 11) is -4.28. The quantitative estimate of drug-likeness (QED) is 0.479. The van der Waals surface area contributed by atoms with Crippen molar-refractivity contribution >= 4 is 56.7 Å². The Morgan fingerprint density at radius 2 is 1.77 bits per heavy atom. The summed E-state index contributed by atoms with van der Waals surface area (Å²) in [5.74, 6) is -1.18. The Labute approximate surface area is 212 Å². The number of primary amides is 1. The van der Waals surface area contributed by atoms with Crippen LogP contribution in [0.5, 0.6) is 0 Å². The normalized spacial score (nSPS) is 18.5. The van der Waals surface area contributed by atoms with Crippen molar-refractivity contribution in [2.45, 2.75) is 43.8 Å². The smallest absolute Gasteiger partial charge is 0.260 e. The first-order valence-electron chi connectivity index (χ1n) is 10.6. The molecular formula is C23H23Cl2N5O4S. The maximum Gasteiger partial charge on any atom is 0.260 e. The number of hydrogen-bond acceptors (Lipinski definition) is 5. The van der Waals surface area contributed by atoms with Gasteiger partial charge in [-0.15, -0.1) is 0 Å². The summed E-state index contributed by atoms with van der Waals surface area (Å²) in [4.78, 5) is 31.0. The molecule has 12 heteroatoms. The molecule has 0 fully saturated rings. The number of imidazole rings is 1. The number of carbonyl (C=O) groups is 2. The SMILES string of the molecule is Cc1ccc(C[C@]2(C)C(=O)N(c3cc(Cl)cc(Cl)c3)c3ncc(S(=O)(=O)N[C@H](C)C(N)=O)n32)cc1. The maximum atomic E-state index is 13.9. The van der Waals surface area contributed by atoms with Crippen LogP contribution in [0.4, 0.5) is 11.6 Å². The number of halogens is 2. The van der Waals surface area contributed by atoms with Crippen LogP contribution in [0.3, 0.4) is 0 Å². The summed E-state index contributed by atoms with van der Waals surface area (Å²) in [6, 6.07) is 11.0. The largest absolute Gasteiger partial charge is 0.368 e. The van der Waals surface area contributed by atoms with Crippen molar-refractivity contribution < 1.29 is 18.0 Å². The second-order valence-corrected chi connectivity index (χ2v) is 11.2. The third-order valence-electron chi connectivity index (χ3n) is 5.88. The number of fused-ring (bicyclic) bond motifs is 1. The Morgan fingerprint density at radius 1 is 1.17 bits per heavy atom. The average molecular weight is 536 g/mol. The van der Waals surface area contributed by atoms with Crippen molar-refractivity contribution in [3.05, 3.63) is 69.8 Å². The predicted octanol–water partition coefficient (Wildman–Crippen LogP) is 3.29. The van der Waals surface area contributed by atoms with Gasteiger partial charge in [-0.3, -0.25) is 14.2 Å². The highest BCUT2D eigenvalue weighted by atomic mass is 35.5. The molecule has 3 N–H and O–H groups in total. The molecule has 2 atom stereocenters. The van der Waals surface area contributed by atoms with Gasteiger partial charge in [0.2, 0.25) is 11.9 Å². The first kappa shape index (κ1) is 25.2. The van der Waals surface area contributed by atoms with Crippen molar-refractivity contribution in [2.75, 3.05) is 4.90 Å². The van der Waals surface area contributed by atoms with Crippen molar-refractivity contribution in [1.29, 1.82) is 0 Å². The van der Waals surface area contributed by atoms with Crippen LogP contribution < -0.4 is 15.4 Å². The minimum Gasteiger partial charge on any atom is -0.368 e. The fourth-order valence-electron chi connectivity index (χ4n) is 4.08. The second-order valence-electron chi connectivity index (χ2n) is 8.68. The molecule has 0 radical (unpaired) electrons. The lowest BCUT2D eigenvalue weighted by Gasteiger charge is -2.27. The van der Waals surface area contributed by atoms with Gasteiger partial charge in [0.05, 0.1) is 17.9 Å². The number of aromatic nitrogens is 2. The Hall–Kier alpha value is -2.92. The summed E-state index contributed by atoms with van der Waals surface area (Å²) in [6.07, 6.45) is 1.32. The Morgan fingerprint density at radius 3 is 2.34 bits per heavy atom. The highest BCUT2D eigenvalue weighted by molar-refractivity contribution is 7.89. The van der Waals surface area contributed by atoms with Crippen molar-refractivity contribution in [3.63, 3.8) is 0 Å². The molecule has 9 nitrogen and oxygen atoms in total. The van der Waals surface area contributed by atoms with Crippen LogP contribution in [0.1, 0.15) is 25.0 Å². The number of hydrogen-bond donors (Lipinski definition) is 2. The number of carbonyl (C=O) groups excluding carboxylic acids is 2. The monoisotopic (exact) mass is 535 g/mol. The van der Waals surface area contributed by atoms with E-state index in [4.69, 9.17) is 28.9 Å². The highest BCUT2D eigenvalue weighted by Gasteiger charge is 2.52. The molecule has 184 valence electrons. The molecule has 1 aliphatic rings. The third kappa shape index (κ3) is 4.54. The summed E-state index contributed by atoms with van der Waals surface area (Å²) in [5, 5.41) is 0.324. The van der Waals surface area contributed by atoms with Gasteiger partial charge in [-0.2, -0.15) is 4.72 Å². The van der Waals surface area contributed by atoms with Crippen LogP contribution in [0, 0.1) is 6.92 Å². The van der Waals surface area contributed by atoms with Gasteiger partial charge in [0, 0.05) is 16.5 Å². The van der Waals surface area contributed by atoms with Crippen LogP contribution in [-0.4, -0.2) is 35.8 Å². The Bertz CT molecular complexity index is 1420. The second kappa shape index (κ2) is 8.94. The predicted molar refractivity (Wildman–Crippen MR) is 133 cm³/mol. The van der Waals surface area contributed by atoms with Crippen LogP contribution in [0.15, 0.2) is 53.7 Å². The fourth-order valence-corrected chi connectivity index (χ4v) is 6.01. The number of rotatable bonds is 7. The number of nitrogens with zero attached hydrogens (tertiary/aromatic N) is 3. The number of amides is 2. The molecule has 0 saturated heterocycles. The highest BCUT2D eigenvalue weighted by Crippen LogP contribution is 2.44. The standard InChI is InChI=1S/C23H23Cl2N5O4S/c1-13-4-6-15(7-5-13)11-23(3)21(32)29(18-9-16(24)8-17(25)10-18)22-27-12-19(30(22)23)35(33,34)28-14(2)20(26)31/h4-10,12,14,28H,11H2,1-3H3,(H2,26,31)/t14-,23-/m1/s1. The van der Waals surface area contributed by atoms with Crippen molar-refractivity contribution in [3.8, 4) is 0 Å². The van der Waals surface area contributed by atoms with Gasteiger partial charge in [-0.25, -0.2) is 18.3 Å². The van der Waals surface area contributed by atoms with Crippen molar-refractivity contribution in [1.82, 2.24) is 14.3 Å². The molecule has 2 aromatic carbocycles. The zero-order valence-electron chi connectivity index (χ0n) is 19.1. The van der Waals surface area contributed by atoms with Gasteiger partial charge < -0.3 is 5.73 Å². The minimum atomic E-state index is -4.28. The van der Waals surface area contributed by atoms with Crippen molar-refractivity contribution in [2.24, 2.45) is 5.73 Å². The lowest BCUT2D eigenvalue weighted by Crippen LogP contribution is -2.45. The van der Waals surface area contributed by atoms with Gasteiger partial charge in [0.25, 0.3) is 15.9 Å². The summed E-state index contributed by atoms with van der Waals surface area (Å²) >= 11 is 12.4. The molecule has 0 bridgehead atoms. The van der Waals surface area contributed by atoms with Gasteiger partial charge >= 0.3 is 0 Å². The van der Waals surface area contributed by atoms with E-state index in [0.29, 0.717) is 15.7 Å². The van der Waals surface area contributed by atoms with Gasteiger partial charge in [-0.1, -0.05) is 53.0 Å². The molecule has 1 aliphatic heterocycles. The fraction of sp³-hybridized carbons (Fsp3) is 0.261. The van der Waals surface area contributed by atoms with Gasteiger partial charge in [0.1, 0.15) is 5.54 Å². The van der Waals surface area contributed by atoms with E-state index in [9.17, 15) is 18.0 Å². The zero-order chi connectivity index (χ0) is 25.7. The molecule has 0 unspecified atom stereocenters. The number of sulfonamides is 1. The summed E-state index contributed by atoms with van der Waals surface area (Å²) < 4.78 is 30.1. The van der Waals surface area contributed by atoms with E-state index in [-0.39, 0.29) is 17.4 Å². The van der Waals surface area contributed by atoms with E-state index in [2.05, 4.69) is 9.71 Å². The molecule has 1 aromatic heterocycles. The van der Waals surface area contributed by atoms with E-state index < -0.39 is 33.4 Å². The zero-order valence-corrected chi connectivity index (χ0v) is 21.4. The van der Waals surface area contributed by atoms with E-state index in [1.54, 1.807) is 19.1 Å². The van der Waals surface area contributed by atoms with E-state index in [1.807, 2.05) is 31.2 Å². The summed E-state index contributed by atoms with van der Waals surface area (Å²) in [5.41, 5.74) is 6.08.